The average Bonchev–Trinajstić information content (AvgIpc) is 2.89. The molecule has 0 radical (unpaired) electrons. The van der Waals surface area contributed by atoms with Crippen molar-refractivity contribution in [3.05, 3.63) is 18.0 Å². The Morgan fingerprint density at radius 2 is 2.06 bits per heavy atom. The minimum absolute atomic E-state index is 0.513. The molecule has 2 fully saturated rings. The zero-order chi connectivity index (χ0) is 11.1. The highest BCUT2D eigenvalue weighted by atomic mass is 15.3. The first kappa shape index (κ1) is 10.3. The van der Waals surface area contributed by atoms with Gasteiger partial charge in [-0.25, -0.2) is 0 Å². The van der Waals surface area contributed by atoms with Crippen LogP contribution in [0.1, 0.15) is 18.5 Å². The predicted octanol–water partition coefficient (Wildman–Crippen LogP) is 0.632. The van der Waals surface area contributed by atoms with Gasteiger partial charge < -0.3 is 5.32 Å². The Bertz CT molecular complexity index is 361. The SMILES string of the molecule is CC(c1cnn(C)c1)N1C[C@H]2CNC[C@H]2C1. The quantitative estimate of drug-likeness (QED) is 0.793. The average molecular weight is 220 g/mol. The summed E-state index contributed by atoms with van der Waals surface area (Å²) in [6, 6.07) is 0.513. The molecule has 1 aromatic heterocycles. The van der Waals surface area contributed by atoms with Gasteiger partial charge in [0, 0.05) is 37.9 Å². The highest BCUT2D eigenvalue weighted by molar-refractivity contribution is 5.10. The highest BCUT2D eigenvalue weighted by Crippen LogP contribution is 2.32. The fourth-order valence-corrected chi connectivity index (χ4v) is 3.07. The molecule has 0 saturated carbocycles. The molecule has 2 saturated heterocycles. The van der Waals surface area contributed by atoms with Gasteiger partial charge in [0.25, 0.3) is 0 Å². The smallest absolute Gasteiger partial charge is 0.0537 e. The van der Waals surface area contributed by atoms with Crippen molar-refractivity contribution in [2.45, 2.75) is 13.0 Å². The van der Waals surface area contributed by atoms with E-state index in [0.717, 1.165) is 11.8 Å². The van der Waals surface area contributed by atoms with Gasteiger partial charge in [0.1, 0.15) is 0 Å². The number of aromatic nitrogens is 2. The van der Waals surface area contributed by atoms with Gasteiger partial charge in [-0.3, -0.25) is 9.58 Å². The van der Waals surface area contributed by atoms with Crippen molar-refractivity contribution in [1.82, 2.24) is 20.0 Å². The van der Waals surface area contributed by atoms with E-state index in [4.69, 9.17) is 0 Å². The van der Waals surface area contributed by atoms with E-state index in [9.17, 15) is 0 Å². The number of rotatable bonds is 2. The molecule has 4 nitrogen and oxygen atoms in total. The van der Waals surface area contributed by atoms with E-state index in [2.05, 4.69) is 28.4 Å². The Hall–Kier alpha value is -0.870. The first-order valence-corrected chi connectivity index (χ1v) is 6.17. The molecule has 0 aromatic carbocycles. The maximum absolute atomic E-state index is 4.26. The molecule has 16 heavy (non-hydrogen) atoms. The van der Waals surface area contributed by atoms with Gasteiger partial charge in [-0.15, -0.1) is 0 Å². The second-order valence-electron chi connectivity index (χ2n) is 5.26. The van der Waals surface area contributed by atoms with Crippen LogP contribution in [0.25, 0.3) is 0 Å². The van der Waals surface area contributed by atoms with Gasteiger partial charge >= 0.3 is 0 Å². The van der Waals surface area contributed by atoms with E-state index in [0.29, 0.717) is 6.04 Å². The minimum Gasteiger partial charge on any atom is -0.316 e. The third-order valence-electron chi connectivity index (χ3n) is 4.17. The summed E-state index contributed by atoms with van der Waals surface area (Å²) in [6.45, 7) is 7.20. The van der Waals surface area contributed by atoms with Gasteiger partial charge in [0.05, 0.1) is 6.20 Å². The molecule has 3 rings (SSSR count). The summed E-state index contributed by atoms with van der Waals surface area (Å²) in [6.07, 6.45) is 4.13. The van der Waals surface area contributed by atoms with E-state index in [1.807, 2.05) is 17.9 Å². The van der Waals surface area contributed by atoms with Crippen molar-refractivity contribution in [1.29, 1.82) is 0 Å². The van der Waals surface area contributed by atoms with Gasteiger partial charge in [-0.05, 0) is 31.8 Å². The van der Waals surface area contributed by atoms with Gasteiger partial charge in [-0.1, -0.05) is 0 Å². The van der Waals surface area contributed by atoms with Crippen molar-refractivity contribution in [2.75, 3.05) is 26.2 Å². The molecule has 3 atom stereocenters. The van der Waals surface area contributed by atoms with Crippen LogP contribution < -0.4 is 5.32 Å². The van der Waals surface area contributed by atoms with Crippen LogP contribution in [0.4, 0.5) is 0 Å². The molecule has 0 bridgehead atoms. The highest BCUT2D eigenvalue weighted by Gasteiger charge is 2.38. The summed E-state index contributed by atoms with van der Waals surface area (Å²) < 4.78 is 1.89. The second kappa shape index (κ2) is 3.86. The van der Waals surface area contributed by atoms with Crippen LogP contribution in [0.2, 0.25) is 0 Å². The number of hydrogen-bond acceptors (Lipinski definition) is 3. The fraction of sp³-hybridized carbons (Fsp3) is 0.750. The molecule has 0 amide bonds. The van der Waals surface area contributed by atoms with Gasteiger partial charge in [0.2, 0.25) is 0 Å². The Balaban J connectivity index is 1.70. The normalized spacial score (nSPS) is 31.9. The predicted molar refractivity (Wildman–Crippen MR) is 63.0 cm³/mol. The van der Waals surface area contributed by atoms with Crippen molar-refractivity contribution >= 4 is 0 Å². The van der Waals surface area contributed by atoms with E-state index in [1.165, 1.54) is 31.7 Å². The molecular formula is C12H20N4. The summed E-state index contributed by atoms with van der Waals surface area (Å²) in [4.78, 5) is 2.60. The van der Waals surface area contributed by atoms with Gasteiger partial charge in [-0.2, -0.15) is 5.10 Å². The molecule has 0 aliphatic carbocycles. The van der Waals surface area contributed by atoms with Crippen LogP contribution in [-0.4, -0.2) is 40.9 Å². The lowest BCUT2D eigenvalue weighted by atomic mass is 10.0. The first-order chi connectivity index (χ1) is 7.74. The van der Waals surface area contributed by atoms with Crippen LogP contribution in [0.15, 0.2) is 12.4 Å². The number of fused-ring (bicyclic) bond motifs is 1. The topological polar surface area (TPSA) is 33.1 Å². The summed E-state index contributed by atoms with van der Waals surface area (Å²) in [5, 5.41) is 7.74. The lowest BCUT2D eigenvalue weighted by molar-refractivity contribution is 0.244. The molecule has 1 aromatic rings. The number of nitrogens with zero attached hydrogens (tertiary/aromatic N) is 3. The van der Waals surface area contributed by atoms with Crippen molar-refractivity contribution in [2.24, 2.45) is 18.9 Å². The molecule has 3 heterocycles. The van der Waals surface area contributed by atoms with Crippen molar-refractivity contribution in [3.8, 4) is 0 Å². The zero-order valence-corrected chi connectivity index (χ0v) is 10.1. The number of likely N-dealkylation sites (tertiary alicyclic amines) is 1. The number of aryl methyl sites for hydroxylation is 1. The maximum atomic E-state index is 4.26. The Kier molecular flexibility index (Phi) is 2.48. The van der Waals surface area contributed by atoms with Crippen molar-refractivity contribution < 1.29 is 0 Å². The molecule has 2 aliphatic heterocycles. The van der Waals surface area contributed by atoms with Gasteiger partial charge in [0.15, 0.2) is 0 Å². The lowest BCUT2D eigenvalue weighted by Gasteiger charge is -2.24. The lowest BCUT2D eigenvalue weighted by Crippen LogP contribution is -2.28. The summed E-state index contributed by atoms with van der Waals surface area (Å²) in [7, 11) is 1.98. The zero-order valence-electron chi connectivity index (χ0n) is 10.1. The molecule has 0 spiro atoms. The van der Waals surface area contributed by atoms with E-state index < -0.39 is 0 Å². The van der Waals surface area contributed by atoms with Crippen LogP contribution in [-0.2, 0) is 7.05 Å². The molecule has 88 valence electrons. The third kappa shape index (κ3) is 1.66. The summed E-state index contributed by atoms with van der Waals surface area (Å²) in [5.41, 5.74) is 1.34. The Morgan fingerprint density at radius 1 is 1.38 bits per heavy atom. The van der Waals surface area contributed by atoms with Crippen LogP contribution >= 0.6 is 0 Å². The monoisotopic (exact) mass is 220 g/mol. The van der Waals surface area contributed by atoms with Crippen LogP contribution in [0.5, 0.6) is 0 Å². The van der Waals surface area contributed by atoms with Crippen LogP contribution in [0, 0.1) is 11.8 Å². The van der Waals surface area contributed by atoms with E-state index in [1.54, 1.807) is 0 Å². The first-order valence-electron chi connectivity index (χ1n) is 6.17. The molecule has 4 heteroatoms. The summed E-state index contributed by atoms with van der Waals surface area (Å²) in [5.74, 6) is 1.75. The van der Waals surface area contributed by atoms with E-state index >= 15 is 0 Å². The fourth-order valence-electron chi connectivity index (χ4n) is 3.07. The Morgan fingerprint density at radius 3 is 2.62 bits per heavy atom. The standard InChI is InChI=1S/C12H20N4/c1-9(10-5-14-15(2)6-10)16-7-11-3-13-4-12(11)8-16/h5-6,9,11-13H,3-4,7-8H2,1-2H3/t9?,11-,12+. The van der Waals surface area contributed by atoms with Crippen molar-refractivity contribution in [3.63, 3.8) is 0 Å². The van der Waals surface area contributed by atoms with Crippen LogP contribution in [0.3, 0.4) is 0 Å². The number of nitrogens with one attached hydrogen (secondary N) is 1. The van der Waals surface area contributed by atoms with E-state index in [-0.39, 0.29) is 0 Å². The molecule has 2 aliphatic rings. The molecule has 1 N–H and O–H groups in total. The molecule has 1 unspecified atom stereocenters. The Labute approximate surface area is 96.6 Å². The molecular weight excluding hydrogens is 200 g/mol. The maximum Gasteiger partial charge on any atom is 0.0537 e. The second-order valence-corrected chi connectivity index (χ2v) is 5.26. The summed E-state index contributed by atoms with van der Waals surface area (Å²) >= 11 is 0. The third-order valence-corrected chi connectivity index (χ3v) is 4.17. The largest absolute Gasteiger partial charge is 0.316 e. The minimum atomic E-state index is 0.513. The number of hydrogen-bond donors (Lipinski definition) is 1.